The second kappa shape index (κ2) is 3.35. The number of fused-ring (bicyclic) bond motifs is 1. The quantitative estimate of drug-likeness (QED) is 0.691. The first-order valence-electron chi connectivity index (χ1n) is 5.24. The standard InChI is InChI=1S/C12H12O3/c13-12(15-9-5-6-9)11-10-4-2-1-3-8(10)7-14-11/h1-4,9,11H,5-7H2/t11-/m1/s1. The summed E-state index contributed by atoms with van der Waals surface area (Å²) in [5.41, 5.74) is 2.05. The zero-order valence-corrected chi connectivity index (χ0v) is 8.31. The molecule has 78 valence electrons. The number of rotatable bonds is 2. The van der Waals surface area contributed by atoms with Crippen molar-refractivity contribution in [1.82, 2.24) is 0 Å². The number of hydrogen-bond acceptors (Lipinski definition) is 3. The summed E-state index contributed by atoms with van der Waals surface area (Å²) in [7, 11) is 0. The highest BCUT2D eigenvalue weighted by atomic mass is 16.6. The van der Waals surface area contributed by atoms with Crippen molar-refractivity contribution in [3.63, 3.8) is 0 Å². The first-order valence-corrected chi connectivity index (χ1v) is 5.24. The first-order chi connectivity index (χ1) is 7.34. The van der Waals surface area contributed by atoms with E-state index in [4.69, 9.17) is 9.47 Å². The first kappa shape index (κ1) is 8.92. The number of esters is 1. The van der Waals surface area contributed by atoms with E-state index in [1.807, 2.05) is 24.3 Å². The number of carbonyl (C=O) groups is 1. The van der Waals surface area contributed by atoms with Crippen LogP contribution < -0.4 is 0 Å². The molecule has 0 radical (unpaired) electrons. The molecular formula is C12H12O3. The molecule has 1 saturated carbocycles. The third-order valence-corrected chi connectivity index (χ3v) is 2.76. The van der Waals surface area contributed by atoms with Crippen molar-refractivity contribution >= 4 is 5.97 Å². The van der Waals surface area contributed by atoms with Gasteiger partial charge in [0.05, 0.1) is 6.61 Å². The van der Waals surface area contributed by atoms with Crippen LogP contribution >= 0.6 is 0 Å². The largest absolute Gasteiger partial charge is 0.460 e. The topological polar surface area (TPSA) is 35.5 Å². The maximum absolute atomic E-state index is 11.7. The van der Waals surface area contributed by atoms with Crippen LogP contribution in [0.5, 0.6) is 0 Å². The van der Waals surface area contributed by atoms with E-state index >= 15 is 0 Å². The van der Waals surface area contributed by atoms with Gasteiger partial charge in [-0.3, -0.25) is 0 Å². The molecule has 0 amide bonds. The minimum atomic E-state index is -0.498. The van der Waals surface area contributed by atoms with E-state index in [9.17, 15) is 4.79 Å². The van der Waals surface area contributed by atoms with Gasteiger partial charge < -0.3 is 9.47 Å². The summed E-state index contributed by atoms with van der Waals surface area (Å²) >= 11 is 0. The Labute approximate surface area is 88.0 Å². The van der Waals surface area contributed by atoms with E-state index in [1.165, 1.54) is 0 Å². The van der Waals surface area contributed by atoms with Crippen molar-refractivity contribution < 1.29 is 14.3 Å². The average molecular weight is 204 g/mol. The number of hydrogen-bond donors (Lipinski definition) is 0. The van der Waals surface area contributed by atoms with Gasteiger partial charge in [0, 0.05) is 0 Å². The van der Waals surface area contributed by atoms with Crippen molar-refractivity contribution in [2.24, 2.45) is 0 Å². The lowest BCUT2D eigenvalue weighted by Gasteiger charge is -2.09. The predicted molar refractivity (Wildman–Crippen MR) is 53.1 cm³/mol. The van der Waals surface area contributed by atoms with Crippen LogP contribution in [0.1, 0.15) is 30.1 Å². The van der Waals surface area contributed by atoms with Crippen LogP contribution in [0, 0.1) is 0 Å². The van der Waals surface area contributed by atoms with Crippen LogP contribution in [0.15, 0.2) is 24.3 Å². The Balaban J connectivity index is 1.80. The summed E-state index contributed by atoms with van der Waals surface area (Å²) in [4.78, 5) is 11.7. The molecule has 0 N–H and O–H groups in total. The lowest BCUT2D eigenvalue weighted by atomic mass is 10.1. The smallest absolute Gasteiger partial charge is 0.340 e. The molecule has 1 aromatic carbocycles. The van der Waals surface area contributed by atoms with Crippen LogP contribution in [-0.4, -0.2) is 12.1 Å². The van der Waals surface area contributed by atoms with Crippen molar-refractivity contribution in [2.45, 2.75) is 31.7 Å². The Kier molecular flexibility index (Phi) is 1.99. The molecule has 2 aliphatic rings. The third kappa shape index (κ3) is 1.63. The third-order valence-electron chi connectivity index (χ3n) is 2.76. The van der Waals surface area contributed by atoms with Gasteiger partial charge in [-0.05, 0) is 24.0 Å². The molecule has 1 fully saturated rings. The zero-order chi connectivity index (χ0) is 10.3. The summed E-state index contributed by atoms with van der Waals surface area (Å²) in [6.45, 7) is 0.514. The van der Waals surface area contributed by atoms with E-state index < -0.39 is 6.10 Å². The van der Waals surface area contributed by atoms with Crippen molar-refractivity contribution in [3.05, 3.63) is 35.4 Å². The summed E-state index contributed by atoms with van der Waals surface area (Å²) in [5.74, 6) is -0.234. The lowest BCUT2D eigenvalue weighted by Crippen LogP contribution is -2.16. The molecule has 0 unspecified atom stereocenters. The monoisotopic (exact) mass is 204 g/mol. The number of ether oxygens (including phenoxy) is 2. The summed E-state index contributed by atoms with van der Waals surface area (Å²) in [5, 5.41) is 0. The highest BCUT2D eigenvalue weighted by Gasteiger charge is 2.34. The van der Waals surface area contributed by atoms with Crippen LogP contribution in [0.25, 0.3) is 0 Å². The van der Waals surface area contributed by atoms with Gasteiger partial charge in [0.1, 0.15) is 6.10 Å². The minimum Gasteiger partial charge on any atom is -0.460 e. The molecule has 3 rings (SSSR count). The van der Waals surface area contributed by atoms with Crippen LogP contribution in [0.3, 0.4) is 0 Å². The predicted octanol–water partition coefficient (Wildman–Crippen LogP) is 1.96. The Morgan fingerprint density at radius 2 is 2.13 bits per heavy atom. The SMILES string of the molecule is O=C(OC1CC1)[C@@H]1OCc2ccccc21. The second-order valence-corrected chi connectivity index (χ2v) is 4.03. The van der Waals surface area contributed by atoms with Crippen molar-refractivity contribution in [2.75, 3.05) is 0 Å². The summed E-state index contributed by atoms with van der Waals surface area (Å²) in [6.07, 6.45) is 1.65. The fourth-order valence-electron chi connectivity index (χ4n) is 1.79. The van der Waals surface area contributed by atoms with Crippen molar-refractivity contribution in [1.29, 1.82) is 0 Å². The average Bonchev–Trinajstić information content (AvgIpc) is 2.96. The zero-order valence-electron chi connectivity index (χ0n) is 8.31. The number of carbonyl (C=O) groups excluding carboxylic acids is 1. The fourth-order valence-corrected chi connectivity index (χ4v) is 1.79. The molecule has 1 aliphatic carbocycles. The van der Waals surface area contributed by atoms with E-state index in [0.717, 1.165) is 24.0 Å². The molecule has 15 heavy (non-hydrogen) atoms. The minimum absolute atomic E-state index is 0.147. The fraction of sp³-hybridized carbons (Fsp3) is 0.417. The molecular weight excluding hydrogens is 192 g/mol. The molecule has 0 spiro atoms. The van der Waals surface area contributed by atoms with Gasteiger partial charge in [0.2, 0.25) is 0 Å². The Morgan fingerprint density at radius 1 is 1.33 bits per heavy atom. The Bertz CT molecular complexity index is 396. The Hall–Kier alpha value is -1.35. The van der Waals surface area contributed by atoms with Gasteiger partial charge in [-0.25, -0.2) is 4.79 Å². The normalized spacial score (nSPS) is 23.6. The van der Waals surface area contributed by atoms with Crippen LogP contribution in [-0.2, 0) is 20.9 Å². The second-order valence-electron chi connectivity index (χ2n) is 4.03. The van der Waals surface area contributed by atoms with Gasteiger partial charge in [0.15, 0.2) is 6.10 Å². The highest BCUT2D eigenvalue weighted by Crippen LogP contribution is 2.33. The van der Waals surface area contributed by atoms with E-state index in [-0.39, 0.29) is 12.1 Å². The molecule has 0 aromatic heterocycles. The van der Waals surface area contributed by atoms with Crippen molar-refractivity contribution in [3.8, 4) is 0 Å². The summed E-state index contributed by atoms with van der Waals surface area (Å²) < 4.78 is 10.7. The van der Waals surface area contributed by atoms with E-state index in [2.05, 4.69) is 0 Å². The van der Waals surface area contributed by atoms with E-state index in [0.29, 0.717) is 6.61 Å². The Morgan fingerprint density at radius 3 is 2.93 bits per heavy atom. The van der Waals surface area contributed by atoms with E-state index in [1.54, 1.807) is 0 Å². The molecule has 1 aromatic rings. The summed E-state index contributed by atoms with van der Waals surface area (Å²) in [6, 6.07) is 7.79. The van der Waals surface area contributed by atoms with Gasteiger partial charge in [-0.15, -0.1) is 0 Å². The maximum atomic E-state index is 11.7. The molecule has 3 heteroatoms. The van der Waals surface area contributed by atoms with Gasteiger partial charge in [-0.2, -0.15) is 0 Å². The van der Waals surface area contributed by atoms with Crippen LogP contribution in [0.4, 0.5) is 0 Å². The molecule has 3 nitrogen and oxygen atoms in total. The molecule has 1 aliphatic heterocycles. The van der Waals surface area contributed by atoms with Gasteiger partial charge >= 0.3 is 5.97 Å². The van der Waals surface area contributed by atoms with Gasteiger partial charge in [-0.1, -0.05) is 24.3 Å². The molecule has 1 heterocycles. The molecule has 1 atom stereocenters. The number of benzene rings is 1. The highest BCUT2D eigenvalue weighted by molar-refractivity contribution is 5.78. The lowest BCUT2D eigenvalue weighted by molar-refractivity contribution is -0.158. The van der Waals surface area contributed by atoms with Crippen LogP contribution in [0.2, 0.25) is 0 Å². The maximum Gasteiger partial charge on any atom is 0.340 e. The van der Waals surface area contributed by atoms with Gasteiger partial charge in [0.25, 0.3) is 0 Å². The molecule has 0 saturated heterocycles. The molecule has 0 bridgehead atoms.